The third-order valence-corrected chi connectivity index (χ3v) is 11.3. The molecule has 0 spiro atoms. The van der Waals surface area contributed by atoms with Crippen LogP contribution in [0.4, 0.5) is 11.4 Å². The van der Waals surface area contributed by atoms with Crippen LogP contribution in [-0.4, -0.2) is 82.8 Å². The van der Waals surface area contributed by atoms with Crippen LogP contribution in [0.1, 0.15) is 43.0 Å². The van der Waals surface area contributed by atoms with Gasteiger partial charge < -0.3 is 20.8 Å². The third-order valence-electron chi connectivity index (χ3n) is 8.51. The number of primary amides is 1. The minimum absolute atomic E-state index is 0.0536. The fourth-order valence-corrected chi connectivity index (χ4v) is 8.00. The van der Waals surface area contributed by atoms with Crippen LogP contribution >= 0.6 is 0 Å². The highest BCUT2D eigenvalue weighted by Gasteiger charge is 2.36. The van der Waals surface area contributed by atoms with Gasteiger partial charge in [0.15, 0.2) is 0 Å². The number of nitrogens with two attached hydrogens (primary N) is 1. The summed E-state index contributed by atoms with van der Waals surface area (Å²) in [6.45, 7) is -0.714. The zero-order valence-corrected chi connectivity index (χ0v) is 30.9. The first-order chi connectivity index (χ1) is 25.4. The predicted molar refractivity (Wildman–Crippen MR) is 199 cm³/mol. The molecule has 284 valence electrons. The van der Waals surface area contributed by atoms with E-state index in [1.165, 1.54) is 29.2 Å². The molecule has 0 atom stereocenters. The number of aryl methyl sites for hydroxylation is 4. The molecule has 6 rings (SSSR count). The van der Waals surface area contributed by atoms with E-state index in [0.29, 0.717) is 36.8 Å². The second kappa shape index (κ2) is 15.8. The Hall–Kier alpha value is -6.14. The molecule has 54 heavy (non-hydrogen) atoms. The zero-order chi connectivity index (χ0) is 39.4. The topological polar surface area (TPSA) is 237 Å². The van der Waals surface area contributed by atoms with E-state index < -0.39 is 38.1 Å². The van der Waals surface area contributed by atoms with Crippen molar-refractivity contribution in [3.8, 4) is 11.5 Å². The van der Waals surface area contributed by atoms with Gasteiger partial charge in [-0.2, -0.15) is 16.8 Å². The molecule has 0 unspecified atom stereocenters. The minimum atomic E-state index is -3.96. The van der Waals surface area contributed by atoms with E-state index in [1.54, 1.807) is 50.5 Å². The molecular weight excluding hydrogens is 741 g/mol. The number of carbonyl (C=O) groups excluding carboxylic acids is 4. The van der Waals surface area contributed by atoms with E-state index in [2.05, 4.69) is 0 Å². The van der Waals surface area contributed by atoms with Crippen LogP contribution in [0.15, 0.2) is 84.9 Å². The molecule has 18 heteroatoms. The first kappa shape index (κ1) is 39.1. The van der Waals surface area contributed by atoms with Crippen molar-refractivity contribution in [1.29, 1.82) is 0 Å². The first-order valence-corrected chi connectivity index (χ1v) is 19.3. The van der Waals surface area contributed by atoms with Crippen molar-refractivity contribution in [3.05, 3.63) is 118 Å². The number of carbonyl (C=O) groups is 4. The second-order valence-corrected chi connectivity index (χ2v) is 15.9. The fraction of sp³-hybridized carbons (Fsp3) is 0.222. The Morgan fingerprint density at radius 1 is 0.630 bits per heavy atom. The van der Waals surface area contributed by atoms with Crippen molar-refractivity contribution in [2.45, 2.75) is 25.7 Å². The number of benzene rings is 4. The van der Waals surface area contributed by atoms with Gasteiger partial charge in [0.05, 0.1) is 11.4 Å². The van der Waals surface area contributed by atoms with Gasteiger partial charge >= 0.3 is 20.4 Å². The smallest absolute Gasteiger partial charge is 0.326 e. The first-order valence-electron chi connectivity index (χ1n) is 16.4. The molecular formula is C36H38N6O10S2. The number of nitrogens with zero attached hydrogens (tertiary/aromatic N) is 3. The lowest BCUT2D eigenvalue weighted by molar-refractivity contribution is -0.118. The molecule has 0 aliphatic carbocycles. The molecule has 0 radical (unpaired) electrons. The van der Waals surface area contributed by atoms with Crippen molar-refractivity contribution in [2.24, 2.45) is 5.73 Å². The molecule has 2 saturated heterocycles. The Labute approximate surface area is 312 Å². The van der Waals surface area contributed by atoms with Crippen molar-refractivity contribution in [1.82, 2.24) is 14.3 Å². The standard InChI is InChI=1S/C19H21N3O5S.C17H17N3O5S/c1-21(2)19(25)15-8-5-13(6-9-15)3-4-14-7-10-16(17(23)11-14)22-12-18(24)20-28(22,26)27;18-17(23)13-6-3-11(4-7-13)1-2-12-5-8-14(15(21)9-12)20-10-16(22)19-26(20,24)25/h5-11,23H,3-4,12H2,1-2H3,(H,20,24);3-9,21H,1-2,10H2,(H2,18,23)(H,19,22). The van der Waals surface area contributed by atoms with Gasteiger partial charge in [-0.25, -0.2) is 18.1 Å². The number of amides is 4. The average molecular weight is 779 g/mol. The van der Waals surface area contributed by atoms with E-state index >= 15 is 0 Å². The monoisotopic (exact) mass is 778 g/mol. The van der Waals surface area contributed by atoms with Crippen LogP contribution in [0.2, 0.25) is 0 Å². The molecule has 0 saturated carbocycles. The van der Waals surface area contributed by atoms with Crippen LogP contribution in [0.5, 0.6) is 11.5 Å². The summed E-state index contributed by atoms with van der Waals surface area (Å²) in [6.07, 6.45) is 2.59. The van der Waals surface area contributed by atoms with Gasteiger partial charge in [0, 0.05) is 25.2 Å². The normalized spacial score (nSPS) is 15.5. The van der Waals surface area contributed by atoms with Gasteiger partial charge in [-0.1, -0.05) is 36.4 Å². The van der Waals surface area contributed by atoms with E-state index in [1.807, 2.05) is 33.7 Å². The number of hydrogen-bond acceptors (Lipinski definition) is 10. The molecule has 4 amide bonds. The summed E-state index contributed by atoms with van der Waals surface area (Å²) >= 11 is 0. The maximum Gasteiger partial charge on any atom is 0.326 e. The minimum Gasteiger partial charge on any atom is -0.506 e. The van der Waals surface area contributed by atoms with Gasteiger partial charge in [-0.05, 0) is 96.5 Å². The van der Waals surface area contributed by atoms with E-state index in [-0.39, 0.29) is 41.9 Å². The van der Waals surface area contributed by atoms with E-state index in [4.69, 9.17) is 5.73 Å². The number of anilines is 2. The number of phenolic OH excluding ortho intramolecular Hbond substituents is 2. The third kappa shape index (κ3) is 9.25. The van der Waals surface area contributed by atoms with Crippen molar-refractivity contribution < 1.29 is 46.2 Å². The molecule has 2 aliphatic rings. The highest BCUT2D eigenvalue weighted by molar-refractivity contribution is 7.92. The Morgan fingerprint density at radius 2 is 0.981 bits per heavy atom. The van der Waals surface area contributed by atoms with Crippen molar-refractivity contribution in [3.63, 3.8) is 0 Å². The molecule has 2 fully saturated rings. The summed E-state index contributed by atoms with van der Waals surface area (Å²) in [6, 6.07) is 23.6. The molecule has 2 heterocycles. The summed E-state index contributed by atoms with van der Waals surface area (Å²) < 4.78 is 52.9. The molecule has 16 nitrogen and oxygen atoms in total. The summed E-state index contributed by atoms with van der Waals surface area (Å²) in [5.41, 5.74) is 10.0. The van der Waals surface area contributed by atoms with Crippen LogP contribution in [-0.2, 0) is 55.7 Å². The highest BCUT2D eigenvalue weighted by atomic mass is 32.2. The van der Waals surface area contributed by atoms with Crippen molar-refractivity contribution in [2.75, 3.05) is 35.8 Å². The molecule has 2 aliphatic heterocycles. The quantitative estimate of drug-likeness (QED) is 0.156. The van der Waals surface area contributed by atoms with Gasteiger partial charge in [0.1, 0.15) is 24.6 Å². The number of hydrogen-bond donors (Lipinski definition) is 5. The summed E-state index contributed by atoms with van der Waals surface area (Å²) in [5, 5.41) is 20.4. The molecule has 0 aromatic heterocycles. The lowest BCUT2D eigenvalue weighted by Crippen LogP contribution is -2.29. The lowest BCUT2D eigenvalue weighted by Gasteiger charge is -2.16. The number of aromatic hydroxyl groups is 2. The second-order valence-electron chi connectivity index (χ2n) is 12.7. The summed E-state index contributed by atoms with van der Waals surface area (Å²) in [5.74, 6) is -2.25. The van der Waals surface area contributed by atoms with Gasteiger partial charge in [-0.15, -0.1) is 0 Å². The van der Waals surface area contributed by atoms with Gasteiger partial charge in [0.2, 0.25) is 5.91 Å². The summed E-state index contributed by atoms with van der Waals surface area (Å²) in [7, 11) is -4.51. The zero-order valence-electron chi connectivity index (χ0n) is 29.2. The molecule has 4 aromatic rings. The number of nitrogens with one attached hydrogen (secondary N) is 2. The fourth-order valence-electron chi connectivity index (χ4n) is 5.68. The Morgan fingerprint density at radius 3 is 1.30 bits per heavy atom. The van der Waals surface area contributed by atoms with E-state index in [9.17, 15) is 46.2 Å². The number of rotatable bonds is 10. The van der Waals surface area contributed by atoms with Gasteiger partial charge in [0.25, 0.3) is 17.7 Å². The lowest BCUT2D eigenvalue weighted by atomic mass is 10.0. The van der Waals surface area contributed by atoms with E-state index in [0.717, 1.165) is 30.9 Å². The SMILES string of the molecule is CN(C)C(=O)c1ccc(CCc2ccc(N3CC(=O)NS3(=O)=O)c(O)c2)cc1.NC(=O)c1ccc(CCc2ccc(N3CC(=O)NS3(=O)=O)c(O)c2)cc1. The van der Waals surface area contributed by atoms with Gasteiger partial charge in [-0.3, -0.25) is 19.2 Å². The van der Waals surface area contributed by atoms with Crippen molar-refractivity contribution >= 4 is 55.4 Å². The maximum absolute atomic E-state index is 11.9. The molecule has 0 bridgehead atoms. The van der Waals surface area contributed by atoms with Crippen LogP contribution in [0.3, 0.4) is 0 Å². The van der Waals surface area contributed by atoms with Crippen LogP contribution < -0.4 is 23.8 Å². The largest absolute Gasteiger partial charge is 0.506 e. The predicted octanol–water partition coefficient (Wildman–Crippen LogP) is 1.52. The maximum atomic E-state index is 11.9. The Bertz CT molecular complexity index is 2310. The van der Waals surface area contributed by atoms with Crippen LogP contribution in [0, 0.1) is 0 Å². The Balaban J connectivity index is 0.000000208. The Kier molecular flexibility index (Phi) is 11.5. The number of phenols is 2. The molecule has 6 N–H and O–H groups in total. The average Bonchev–Trinajstić information content (AvgIpc) is 3.56. The molecule has 4 aromatic carbocycles. The summed E-state index contributed by atoms with van der Waals surface area (Å²) in [4.78, 5) is 47.1. The van der Waals surface area contributed by atoms with Crippen LogP contribution in [0.25, 0.3) is 0 Å². The highest BCUT2D eigenvalue weighted by Crippen LogP contribution is 2.33.